The Morgan fingerprint density at radius 3 is 2.88 bits per heavy atom. The summed E-state index contributed by atoms with van der Waals surface area (Å²) in [5.41, 5.74) is 2.09. The maximum absolute atomic E-state index is 11.3. The van der Waals surface area contributed by atoms with Gasteiger partial charge in [-0.15, -0.1) is 0 Å². The van der Waals surface area contributed by atoms with E-state index in [1.165, 1.54) is 7.11 Å². The van der Waals surface area contributed by atoms with Crippen molar-refractivity contribution < 1.29 is 9.53 Å². The van der Waals surface area contributed by atoms with Crippen LogP contribution in [0, 0.1) is 0 Å². The van der Waals surface area contributed by atoms with Crippen LogP contribution in [-0.2, 0) is 23.0 Å². The van der Waals surface area contributed by atoms with Gasteiger partial charge in [0.05, 0.1) is 19.2 Å². The fourth-order valence-corrected chi connectivity index (χ4v) is 1.74. The van der Waals surface area contributed by atoms with Gasteiger partial charge in [0.2, 0.25) is 0 Å². The Labute approximate surface area is 95.8 Å². The number of nitrogens with one attached hydrogen (secondary N) is 1. The average molecular weight is 225 g/mol. The van der Waals surface area contributed by atoms with Gasteiger partial charge in [-0.25, -0.2) is 0 Å². The largest absolute Gasteiger partial charge is 0.469 e. The molecule has 0 amide bonds. The van der Waals surface area contributed by atoms with Gasteiger partial charge in [-0.2, -0.15) is 5.10 Å². The second-order valence-corrected chi connectivity index (χ2v) is 3.68. The van der Waals surface area contributed by atoms with Crippen molar-refractivity contribution in [2.24, 2.45) is 7.05 Å². The summed E-state index contributed by atoms with van der Waals surface area (Å²) >= 11 is 0. The number of hydrogen-bond donors (Lipinski definition) is 1. The maximum atomic E-state index is 11.3. The van der Waals surface area contributed by atoms with Gasteiger partial charge in [-0.05, 0) is 13.5 Å². The molecule has 1 heterocycles. The van der Waals surface area contributed by atoms with E-state index < -0.39 is 0 Å². The van der Waals surface area contributed by atoms with Crippen LogP contribution in [0.2, 0.25) is 0 Å². The van der Waals surface area contributed by atoms with Crippen molar-refractivity contribution in [3.05, 3.63) is 17.5 Å². The van der Waals surface area contributed by atoms with Gasteiger partial charge in [0.1, 0.15) is 0 Å². The zero-order valence-electron chi connectivity index (χ0n) is 10.3. The van der Waals surface area contributed by atoms with Crippen molar-refractivity contribution in [3.8, 4) is 0 Å². The summed E-state index contributed by atoms with van der Waals surface area (Å²) in [6, 6.07) is -0.0314. The first-order valence-corrected chi connectivity index (χ1v) is 5.38. The number of nitrogens with zero attached hydrogens (tertiary/aromatic N) is 2. The summed E-state index contributed by atoms with van der Waals surface area (Å²) in [5, 5.41) is 7.47. The topological polar surface area (TPSA) is 56.2 Å². The smallest absolute Gasteiger partial charge is 0.307 e. The quantitative estimate of drug-likeness (QED) is 0.753. The number of aromatic nitrogens is 2. The highest BCUT2D eigenvalue weighted by molar-refractivity contribution is 5.70. The molecule has 0 aliphatic heterocycles. The molecule has 0 bridgehead atoms. The molecule has 90 valence electrons. The van der Waals surface area contributed by atoms with Gasteiger partial charge in [0.15, 0.2) is 0 Å². The highest BCUT2D eigenvalue weighted by atomic mass is 16.5. The highest BCUT2D eigenvalue weighted by Crippen LogP contribution is 2.20. The number of aryl methyl sites for hydroxylation is 2. The Hall–Kier alpha value is -1.36. The van der Waals surface area contributed by atoms with E-state index in [1.807, 2.05) is 20.3 Å². The molecule has 0 saturated heterocycles. The lowest BCUT2D eigenvalue weighted by Crippen LogP contribution is -2.21. The van der Waals surface area contributed by atoms with Gasteiger partial charge in [0.25, 0.3) is 0 Å². The fraction of sp³-hybridized carbons (Fsp3) is 0.636. The van der Waals surface area contributed by atoms with Gasteiger partial charge in [-0.3, -0.25) is 9.48 Å². The van der Waals surface area contributed by atoms with Crippen LogP contribution in [0.3, 0.4) is 0 Å². The van der Waals surface area contributed by atoms with Crippen LogP contribution in [-0.4, -0.2) is 29.9 Å². The zero-order valence-corrected chi connectivity index (χ0v) is 10.3. The minimum Gasteiger partial charge on any atom is -0.469 e. The third-order valence-corrected chi connectivity index (χ3v) is 2.59. The lowest BCUT2D eigenvalue weighted by molar-refractivity contribution is -0.141. The van der Waals surface area contributed by atoms with E-state index in [9.17, 15) is 4.79 Å². The number of hydrogen-bond acceptors (Lipinski definition) is 4. The third-order valence-electron chi connectivity index (χ3n) is 2.59. The molecule has 0 aliphatic carbocycles. The molecular formula is C11H19N3O2. The number of rotatable bonds is 5. The van der Waals surface area contributed by atoms with Gasteiger partial charge < -0.3 is 10.1 Å². The number of methoxy groups -OCH3 is 1. The van der Waals surface area contributed by atoms with E-state index in [4.69, 9.17) is 0 Å². The second-order valence-electron chi connectivity index (χ2n) is 3.68. The molecule has 1 aromatic rings. The Morgan fingerprint density at radius 1 is 1.69 bits per heavy atom. The molecule has 1 aromatic heterocycles. The number of carbonyl (C=O) groups is 1. The van der Waals surface area contributed by atoms with Crippen LogP contribution in [0.4, 0.5) is 0 Å². The maximum Gasteiger partial charge on any atom is 0.307 e. The third kappa shape index (κ3) is 2.82. The molecule has 0 saturated carbocycles. The lowest BCUT2D eigenvalue weighted by Gasteiger charge is -2.14. The Kier molecular flexibility index (Phi) is 4.49. The lowest BCUT2D eigenvalue weighted by atomic mass is 10.0. The van der Waals surface area contributed by atoms with E-state index >= 15 is 0 Å². The first-order chi connectivity index (χ1) is 7.62. The van der Waals surface area contributed by atoms with Crippen molar-refractivity contribution in [2.75, 3.05) is 14.2 Å². The molecule has 0 spiro atoms. The summed E-state index contributed by atoms with van der Waals surface area (Å²) < 4.78 is 6.45. The van der Waals surface area contributed by atoms with Crippen molar-refractivity contribution >= 4 is 5.97 Å². The monoisotopic (exact) mass is 225 g/mol. The molecule has 5 nitrogen and oxygen atoms in total. The minimum atomic E-state index is -0.217. The van der Waals surface area contributed by atoms with Crippen molar-refractivity contribution in [3.63, 3.8) is 0 Å². The number of esters is 1. The van der Waals surface area contributed by atoms with Gasteiger partial charge in [0, 0.05) is 24.8 Å². The fourth-order valence-electron chi connectivity index (χ4n) is 1.74. The molecule has 0 aromatic carbocycles. The molecule has 16 heavy (non-hydrogen) atoms. The summed E-state index contributed by atoms with van der Waals surface area (Å²) in [6.45, 7) is 2.05. The molecule has 5 heteroatoms. The van der Waals surface area contributed by atoms with Gasteiger partial charge >= 0.3 is 5.97 Å². The molecule has 0 fully saturated rings. The van der Waals surface area contributed by atoms with E-state index in [1.54, 1.807) is 4.68 Å². The molecule has 1 atom stereocenters. The van der Waals surface area contributed by atoms with E-state index in [2.05, 4.69) is 22.1 Å². The van der Waals surface area contributed by atoms with Gasteiger partial charge in [-0.1, -0.05) is 6.92 Å². The van der Waals surface area contributed by atoms with Crippen LogP contribution >= 0.6 is 0 Å². The SMILES string of the molecule is CCc1nn(C)cc1C(CC(=O)OC)NC. The number of carbonyl (C=O) groups excluding carboxylic acids is 1. The Bertz CT molecular complexity index is 360. The average Bonchev–Trinajstić information content (AvgIpc) is 2.66. The van der Waals surface area contributed by atoms with Crippen LogP contribution in [0.25, 0.3) is 0 Å². The predicted octanol–water partition coefficient (Wildman–Crippen LogP) is 0.806. The Balaban J connectivity index is 2.89. The minimum absolute atomic E-state index is 0.0314. The predicted molar refractivity (Wildman–Crippen MR) is 61.0 cm³/mol. The van der Waals surface area contributed by atoms with E-state index in [-0.39, 0.29) is 12.0 Å². The van der Waals surface area contributed by atoms with Crippen molar-refractivity contribution in [1.82, 2.24) is 15.1 Å². The summed E-state index contributed by atoms with van der Waals surface area (Å²) in [7, 11) is 5.12. The van der Waals surface area contributed by atoms with Crippen LogP contribution < -0.4 is 5.32 Å². The first kappa shape index (κ1) is 12.7. The molecule has 0 radical (unpaired) electrons. The summed E-state index contributed by atoms with van der Waals surface area (Å²) in [6.07, 6.45) is 3.13. The van der Waals surface area contributed by atoms with Crippen molar-refractivity contribution in [2.45, 2.75) is 25.8 Å². The van der Waals surface area contributed by atoms with Crippen LogP contribution in [0.15, 0.2) is 6.20 Å². The second kappa shape index (κ2) is 5.65. The van der Waals surface area contributed by atoms with E-state index in [0.29, 0.717) is 6.42 Å². The summed E-state index contributed by atoms with van der Waals surface area (Å²) in [4.78, 5) is 11.3. The molecule has 0 aliphatic rings. The zero-order chi connectivity index (χ0) is 12.1. The molecule has 1 N–H and O–H groups in total. The Morgan fingerprint density at radius 2 is 2.38 bits per heavy atom. The highest BCUT2D eigenvalue weighted by Gasteiger charge is 2.19. The first-order valence-electron chi connectivity index (χ1n) is 5.38. The van der Waals surface area contributed by atoms with E-state index in [0.717, 1.165) is 17.7 Å². The molecule has 1 rings (SSSR count). The van der Waals surface area contributed by atoms with Crippen LogP contribution in [0.1, 0.15) is 30.6 Å². The number of ether oxygens (including phenoxy) is 1. The van der Waals surface area contributed by atoms with Crippen LogP contribution in [0.5, 0.6) is 0 Å². The van der Waals surface area contributed by atoms with Crippen molar-refractivity contribution in [1.29, 1.82) is 0 Å². The molecular weight excluding hydrogens is 206 g/mol. The molecule has 1 unspecified atom stereocenters. The standard InChI is InChI=1S/C11H19N3O2/c1-5-9-8(7-14(3)13-9)10(12-2)6-11(15)16-4/h7,10,12H,5-6H2,1-4H3. The summed E-state index contributed by atoms with van der Waals surface area (Å²) in [5.74, 6) is -0.217. The normalized spacial score (nSPS) is 12.5.